The van der Waals surface area contributed by atoms with Gasteiger partial charge in [-0.1, -0.05) is 39.1 Å². The molecule has 4 aromatic heterocycles. The number of nitrogens with one attached hydrogen (secondary N) is 2. The second-order valence-corrected chi connectivity index (χ2v) is 9.82. The maximum atomic E-state index is 10.9. The number of H-pyrrole nitrogens is 2. The topological polar surface area (TPSA) is 119 Å². The molecule has 0 unspecified atom stereocenters. The smallest absolute Gasteiger partial charge is 0.182 e. The highest BCUT2D eigenvalue weighted by Crippen LogP contribution is 2.36. The average Bonchev–Trinajstić information content (AvgIpc) is 3.56. The molecule has 0 radical (unpaired) electrons. The Labute approximate surface area is 240 Å². The van der Waals surface area contributed by atoms with Crippen LogP contribution < -0.4 is 9.47 Å². The van der Waals surface area contributed by atoms with Crippen molar-refractivity contribution in [1.29, 1.82) is 0 Å². The summed E-state index contributed by atoms with van der Waals surface area (Å²) in [5, 5.41) is 16.7. The quantitative estimate of drug-likeness (QED) is 0.154. The molecule has 2 N–H and O–H groups in total. The number of hydrogen-bond acceptors (Lipinski definition) is 7. The van der Waals surface area contributed by atoms with E-state index in [9.17, 15) is 4.79 Å². The number of fused-ring (bicyclic) bond motifs is 2. The van der Waals surface area contributed by atoms with Crippen molar-refractivity contribution in [3.05, 3.63) is 81.0 Å². The number of aldehydes is 1. The highest BCUT2D eigenvalue weighted by Gasteiger charge is 2.15. The Balaban J connectivity index is 0.000000158. The molecule has 39 heavy (non-hydrogen) atoms. The average molecular weight is 626 g/mol. The first kappa shape index (κ1) is 26.6. The number of carbonyl (C=O) groups excluding carboxylic acids is 1. The van der Waals surface area contributed by atoms with Crippen LogP contribution in [-0.4, -0.2) is 50.9 Å². The number of halogens is 3. The van der Waals surface area contributed by atoms with Gasteiger partial charge in [0.2, 0.25) is 0 Å². The first-order chi connectivity index (χ1) is 18.9. The number of methoxy groups -OCH3 is 2. The van der Waals surface area contributed by atoms with Gasteiger partial charge in [0.1, 0.15) is 28.1 Å². The Kier molecular flexibility index (Phi) is 7.78. The number of carbonyl (C=O) groups is 1. The van der Waals surface area contributed by atoms with Gasteiger partial charge in [0.05, 0.1) is 25.6 Å². The summed E-state index contributed by atoms with van der Waals surface area (Å²) in [4.78, 5) is 19.2. The highest BCUT2D eigenvalue weighted by atomic mass is 79.9. The Bertz CT molecular complexity index is 1820. The fraction of sp³-hybridized carbons (Fsp3) is 0.0741. The number of ether oxygens (including phenoxy) is 2. The van der Waals surface area contributed by atoms with E-state index in [-0.39, 0.29) is 0 Å². The molecule has 0 aliphatic rings. The second-order valence-electron chi connectivity index (χ2n) is 8.13. The van der Waals surface area contributed by atoms with E-state index in [0.29, 0.717) is 32.9 Å². The first-order valence-corrected chi connectivity index (χ1v) is 13.0. The number of aromatic nitrogens is 6. The molecule has 6 rings (SSSR count). The number of hydrogen-bond donors (Lipinski definition) is 2. The van der Waals surface area contributed by atoms with Crippen LogP contribution in [0.2, 0.25) is 10.3 Å². The Morgan fingerprint density at radius 3 is 1.77 bits per heavy atom. The third-order valence-corrected chi connectivity index (χ3v) is 6.74. The lowest BCUT2D eigenvalue weighted by molar-refractivity contribution is 0.112. The van der Waals surface area contributed by atoms with Gasteiger partial charge in [-0.25, -0.2) is 9.97 Å². The molecule has 0 atom stereocenters. The minimum Gasteiger partial charge on any atom is -0.496 e. The molecule has 4 heterocycles. The molecule has 0 fully saturated rings. The number of rotatable bonds is 5. The maximum absolute atomic E-state index is 10.9. The van der Waals surface area contributed by atoms with Crippen molar-refractivity contribution in [3.63, 3.8) is 0 Å². The summed E-state index contributed by atoms with van der Waals surface area (Å²) in [6.45, 7) is 0. The van der Waals surface area contributed by atoms with E-state index >= 15 is 0 Å². The van der Waals surface area contributed by atoms with Crippen LogP contribution >= 0.6 is 39.1 Å². The van der Waals surface area contributed by atoms with Crippen LogP contribution in [0.3, 0.4) is 0 Å². The molecule has 9 nitrogen and oxygen atoms in total. The number of pyridine rings is 2. The van der Waals surface area contributed by atoms with Crippen molar-refractivity contribution < 1.29 is 14.3 Å². The lowest BCUT2D eigenvalue weighted by atomic mass is 10.1. The molecule has 0 bridgehead atoms. The van der Waals surface area contributed by atoms with E-state index in [0.717, 1.165) is 49.8 Å². The predicted octanol–water partition coefficient (Wildman–Crippen LogP) is 7.15. The van der Waals surface area contributed by atoms with Gasteiger partial charge in [0.15, 0.2) is 11.3 Å². The van der Waals surface area contributed by atoms with Gasteiger partial charge in [-0.05, 0) is 60.7 Å². The molecule has 0 aliphatic heterocycles. The highest BCUT2D eigenvalue weighted by molar-refractivity contribution is 9.10. The zero-order valence-corrected chi connectivity index (χ0v) is 23.6. The van der Waals surface area contributed by atoms with E-state index in [1.54, 1.807) is 44.6 Å². The summed E-state index contributed by atoms with van der Waals surface area (Å²) in [6.07, 6.45) is 0.788. The van der Waals surface area contributed by atoms with Crippen molar-refractivity contribution in [2.24, 2.45) is 0 Å². The molecular formula is C27H19BrCl2N6O3. The van der Waals surface area contributed by atoms with Crippen LogP contribution in [0.15, 0.2) is 65.1 Å². The molecular weight excluding hydrogens is 607 g/mol. The van der Waals surface area contributed by atoms with Gasteiger partial charge in [-0.15, -0.1) is 0 Å². The minimum absolute atomic E-state index is 0.379. The SMILES string of the molecule is COc1ccc(Br)cc1-c1[nH]nc2nc(Cl)ccc12.COc1ccc(C=O)cc1-c1[nH]nc2nc(Cl)ccc12. The van der Waals surface area contributed by atoms with Gasteiger partial charge in [0.25, 0.3) is 0 Å². The minimum atomic E-state index is 0.379. The molecule has 0 aliphatic carbocycles. The number of aromatic amines is 2. The third-order valence-electron chi connectivity index (χ3n) is 5.83. The standard InChI is InChI=1S/C14H10ClN3O2.C13H9BrClN3O/c1-20-11-4-2-8(7-19)6-10(11)13-9-3-5-12(15)16-14(9)18-17-13;1-19-10-4-2-7(14)6-9(10)12-8-3-5-11(15)16-13(8)18-17-12/h2-7H,1H3,(H,16,17,18);2-6H,1H3,(H,16,17,18). The van der Waals surface area contributed by atoms with E-state index in [4.69, 9.17) is 32.7 Å². The summed E-state index contributed by atoms with van der Waals surface area (Å²) >= 11 is 15.2. The number of benzene rings is 2. The Hall–Kier alpha value is -3.99. The fourth-order valence-electron chi connectivity index (χ4n) is 4.03. The van der Waals surface area contributed by atoms with Crippen molar-refractivity contribution in [1.82, 2.24) is 30.4 Å². The molecule has 6 aromatic rings. The van der Waals surface area contributed by atoms with E-state index < -0.39 is 0 Å². The van der Waals surface area contributed by atoms with Gasteiger partial charge < -0.3 is 9.47 Å². The van der Waals surface area contributed by atoms with Gasteiger partial charge in [-0.3, -0.25) is 15.0 Å². The lowest BCUT2D eigenvalue weighted by Crippen LogP contribution is -1.91. The van der Waals surface area contributed by atoms with E-state index in [1.807, 2.05) is 30.3 Å². The lowest BCUT2D eigenvalue weighted by Gasteiger charge is -2.07. The zero-order valence-electron chi connectivity index (χ0n) is 20.5. The van der Waals surface area contributed by atoms with E-state index in [2.05, 4.69) is 46.3 Å². The van der Waals surface area contributed by atoms with Crippen LogP contribution in [-0.2, 0) is 0 Å². The van der Waals surface area contributed by atoms with Crippen LogP contribution in [0.5, 0.6) is 11.5 Å². The van der Waals surface area contributed by atoms with Crippen LogP contribution in [0, 0.1) is 0 Å². The molecule has 0 amide bonds. The molecule has 0 saturated heterocycles. The third kappa shape index (κ3) is 5.44. The van der Waals surface area contributed by atoms with Crippen molar-refractivity contribution in [2.75, 3.05) is 14.2 Å². The van der Waals surface area contributed by atoms with Crippen LogP contribution in [0.25, 0.3) is 44.6 Å². The van der Waals surface area contributed by atoms with Crippen LogP contribution in [0.1, 0.15) is 10.4 Å². The summed E-state index contributed by atoms with van der Waals surface area (Å²) in [7, 11) is 3.22. The number of nitrogens with zero attached hydrogens (tertiary/aromatic N) is 4. The largest absolute Gasteiger partial charge is 0.496 e. The second kappa shape index (κ2) is 11.4. The van der Waals surface area contributed by atoms with Crippen LogP contribution in [0.4, 0.5) is 0 Å². The van der Waals surface area contributed by atoms with Gasteiger partial charge in [0, 0.05) is 31.9 Å². The summed E-state index contributed by atoms with van der Waals surface area (Å²) in [5.74, 6) is 1.42. The molecule has 12 heteroatoms. The fourth-order valence-corrected chi connectivity index (χ4v) is 4.68. The first-order valence-electron chi connectivity index (χ1n) is 11.4. The molecule has 2 aromatic carbocycles. The maximum Gasteiger partial charge on any atom is 0.182 e. The van der Waals surface area contributed by atoms with E-state index in [1.165, 1.54) is 0 Å². The normalized spacial score (nSPS) is 10.8. The summed E-state index contributed by atoms with van der Waals surface area (Å²) in [5.41, 5.74) is 4.94. The van der Waals surface area contributed by atoms with Gasteiger partial charge in [-0.2, -0.15) is 10.2 Å². The molecule has 196 valence electrons. The van der Waals surface area contributed by atoms with Crippen molar-refractivity contribution >= 4 is 67.5 Å². The summed E-state index contributed by atoms with van der Waals surface area (Å²) in [6, 6.07) is 18.1. The summed E-state index contributed by atoms with van der Waals surface area (Å²) < 4.78 is 11.7. The zero-order chi connectivity index (χ0) is 27.5. The van der Waals surface area contributed by atoms with Crippen molar-refractivity contribution in [3.8, 4) is 34.0 Å². The Morgan fingerprint density at radius 1 is 0.744 bits per heavy atom. The van der Waals surface area contributed by atoms with Gasteiger partial charge >= 0.3 is 0 Å². The Morgan fingerprint density at radius 2 is 1.26 bits per heavy atom. The van der Waals surface area contributed by atoms with Crippen molar-refractivity contribution in [2.45, 2.75) is 0 Å². The monoisotopic (exact) mass is 624 g/mol. The molecule has 0 saturated carbocycles. The predicted molar refractivity (Wildman–Crippen MR) is 155 cm³/mol. The molecule has 0 spiro atoms.